The van der Waals surface area contributed by atoms with Crippen LogP contribution in [0.5, 0.6) is 0 Å². The lowest BCUT2D eigenvalue weighted by atomic mass is 10.2. The number of benzene rings is 1. The predicted octanol–water partition coefficient (Wildman–Crippen LogP) is 1.87. The second-order valence-electron chi connectivity index (χ2n) is 5.02. The second kappa shape index (κ2) is 6.41. The largest absolute Gasteiger partial charge is 0.329 e. The molecule has 0 aliphatic heterocycles. The summed E-state index contributed by atoms with van der Waals surface area (Å²) in [6, 6.07) is 15.4. The van der Waals surface area contributed by atoms with Gasteiger partial charge in [0.15, 0.2) is 0 Å². The molecule has 0 bridgehead atoms. The van der Waals surface area contributed by atoms with Crippen molar-refractivity contribution in [3.63, 3.8) is 0 Å². The first-order chi connectivity index (χ1) is 10.8. The third-order valence-electron chi connectivity index (χ3n) is 3.57. The molecule has 1 aromatic carbocycles. The predicted molar refractivity (Wildman–Crippen MR) is 86.7 cm³/mol. The van der Waals surface area contributed by atoms with Crippen molar-refractivity contribution in [2.75, 3.05) is 18.0 Å². The fourth-order valence-electron chi connectivity index (χ4n) is 2.54. The lowest BCUT2D eigenvalue weighted by molar-refractivity contribution is -0.118. The van der Waals surface area contributed by atoms with Crippen LogP contribution in [-0.4, -0.2) is 28.4 Å². The Morgan fingerprint density at radius 3 is 2.73 bits per heavy atom. The molecule has 0 spiro atoms. The molecule has 2 aromatic heterocycles. The summed E-state index contributed by atoms with van der Waals surface area (Å²) >= 11 is 0. The standard InChI is InChI=1S/C17H18N4O/c18-9-11-21(14-5-2-1-3-6-14)17(22)13-15-7-4-8-16-19-10-12-20(15)16/h1-8,10,12H,9,11,13,18H2. The zero-order chi connectivity index (χ0) is 15.4. The first-order valence-electron chi connectivity index (χ1n) is 7.26. The van der Waals surface area contributed by atoms with E-state index in [1.807, 2.05) is 59.1 Å². The summed E-state index contributed by atoms with van der Waals surface area (Å²) in [4.78, 5) is 18.7. The van der Waals surface area contributed by atoms with Crippen LogP contribution in [0.4, 0.5) is 5.69 Å². The summed E-state index contributed by atoms with van der Waals surface area (Å²) in [5, 5.41) is 0. The van der Waals surface area contributed by atoms with E-state index in [2.05, 4.69) is 4.98 Å². The molecule has 0 unspecified atom stereocenters. The van der Waals surface area contributed by atoms with Crippen LogP contribution in [0, 0.1) is 0 Å². The van der Waals surface area contributed by atoms with Gasteiger partial charge in [-0.05, 0) is 24.3 Å². The Balaban J connectivity index is 1.87. The van der Waals surface area contributed by atoms with Gasteiger partial charge in [-0.1, -0.05) is 24.3 Å². The van der Waals surface area contributed by atoms with Crippen molar-refractivity contribution in [3.05, 3.63) is 66.6 Å². The third kappa shape index (κ3) is 2.84. The highest BCUT2D eigenvalue weighted by molar-refractivity contribution is 5.94. The second-order valence-corrected chi connectivity index (χ2v) is 5.02. The van der Waals surface area contributed by atoms with Crippen molar-refractivity contribution in [2.45, 2.75) is 6.42 Å². The normalized spacial score (nSPS) is 10.8. The maximum Gasteiger partial charge on any atom is 0.232 e. The van der Waals surface area contributed by atoms with E-state index >= 15 is 0 Å². The Hall–Kier alpha value is -2.66. The third-order valence-corrected chi connectivity index (χ3v) is 3.57. The molecule has 0 saturated carbocycles. The maximum absolute atomic E-state index is 12.7. The van der Waals surface area contributed by atoms with Gasteiger partial charge in [-0.2, -0.15) is 0 Å². The summed E-state index contributed by atoms with van der Waals surface area (Å²) in [6.45, 7) is 0.929. The van der Waals surface area contributed by atoms with Gasteiger partial charge in [-0.3, -0.25) is 4.79 Å². The van der Waals surface area contributed by atoms with Gasteiger partial charge in [-0.25, -0.2) is 4.98 Å². The number of nitrogens with two attached hydrogens (primary N) is 1. The molecule has 22 heavy (non-hydrogen) atoms. The van der Waals surface area contributed by atoms with Crippen molar-refractivity contribution in [1.29, 1.82) is 0 Å². The Labute approximate surface area is 129 Å². The lowest BCUT2D eigenvalue weighted by Crippen LogP contribution is -2.36. The molecule has 3 aromatic rings. The number of nitrogens with zero attached hydrogens (tertiary/aromatic N) is 3. The van der Waals surface area contributed by atoms with Crippen molar-refractivity contribution in [3.8, 4) is 0 Å². The molecule has 5 nitrogen and oxygen atoms in total. The molecular weight excluding hydrogens is 276 g/mol. The Kier molecular flexibility index (Phi) is 4.16. The molecule has 2 N–H and O–H groups in total. The van der Waals surface area contributed by atoms with Gasteiger partial charge >= 0.3 is 0 Å². The summed E-state index contributed by atoms with van der Waals surface area (Å²) in [7, 11) is 0. The van der Waals surface area contributed by atoms with Crippen LogP contribution in [0.25, 0.3) is 5.65 Å². The number of amides is 1. The van der Waals surface area contributed by atoms with Crippen LogP contribution in [0.2, 0.25) is 0 Å². The average molecular weight is 294 g/mol. The average Bonchev–Trinajstić information content (AvgIpc) is 3.03. The highest BCUT2D eigenvalue weighted by Gasteiger charge is 2.16. The van der Waals surface area contributed by atoms with E-state index < -0.39 is 0 Å². The van der Waals surface area contributed by atoms with Crippen LogP contribution in [-0.2, 0) is 11.2 Å². The van der Waals surface area contributed by atoms with Gasteiger partial charge in [0, 0.05) is 36.9 Å². The molecule has 2 heterocycles. The van der Waals surface area contributed by atoms with Gasteiger partial charge < -0.3 is 15.0 Å². The van der Waals surface area contributed by atoms with Gasteiger partial charge in [0.1, 0.15) is 5.65 Å². The summed E-state index contributed by atoms with van der Waals surface area (Å²) < 4.78 is 1.93. The molecule has 5 heteroatoms. The molecule has 1 amide bonds. The van der Waals surface area contributed by atoms with E-state index in [0.29, 0.717) is 19.5 Å². The Bertz CT molecular complexity index is 766. The summed E-state index contributed by atoms with van der Waals surface area (Å²) in [5.74, 6) is 0.0258. The van der Waals surface area contributed by atoms with Crippen LogP contribution >= 0.6 is 0 Å². The zero-order valence-electron chi connectivity index (χ0n) is 12.2. The number of anilines is 1. The number of aromatic nitrogens is 2. The van der Waals surface area contributed by atoms with Crippen molar-refractivity contribution < 1.29 is 4.79 Å². The lowest BCUT2D eigenvalue weighted by Gasteiger charge is -2.22. The minimum Gasteiger partial charge on any atom is -0.329 e. The first-order valence-corrected chi connectivity index (χ1v) is 7.26. The highest BCUT2D eigenvalue weighted by atomic mass is 16.2. The minimum absolute atomic E-state index is 0.0258. The Morgan fingerprint density at radius 1 is 1.14 bits per heavy atom. The van der Waals surface area contributed by atoms with Crippen LogP contribution < -0.4 is 10.6 Å². The number of para-hydroxylation sites is 1. The minimum atomic E-state index is 0.0258. The number of pyridine rings is 1. The van der Waals surface area contributed by atoms with E-state index in [9.17, 15) is 4.79 Å². The molecule has 0 aliphatic carbocycles. The number of carbonyl (C=O) groups excluding carboxylic acids is 1. The monoisotopic (exact) mass is 294 g/mol. The topological polar surface area (TPSA) is 63.6 Å². The van der Waals surface area contributed by atoms with Crippen molar-refractivity contribution >= 4 is 17.2 Å². The molecule has 0 saturated heterocycles. The van der Waals surface area contributed by atoms with E-state index in [-0.39, 0.29) is 5.91 Å². The molecule has 0 radical (unpaired) electrons. The number of fused-ring (bicyclic) bond motifs is 1. The van der Waals surface area contributed by atoms with Crippen LogP contribution in [0.15, 0.2) is 60.9 Å². The van der Waals surface area contributed by atoms with Crippen LogP contribution in [0.1, 0.15) is 5.69 Å². The van der Waals surface area contributed by atoms with Gasteiger partial charge in [0.2, 0.25) is 5.91 Å². The number of rotatable bonds is 5. The summed E-state index contributed by atoms with van der Waals surface area (Å²) in [6.07, 6.45) is 3.91. The number of carbonyl (C=O) groups is 1. The summed E-state index contributed by atoms with van der Waals surface area (Å²) in [5.41, 5.74) is 8.29. The number of hydrogen-bond donors (Lipinski definition) is 1. The highest BCUT2D eigenvalue weighted by Crippen LogP contribution is 2.15. The SMILES string of the molecule is NCCN(C(=O)Cc1cccc2nccn12)c1ccccc1. The first kappa shape index (κ1) is 14.3. The molecule has 0 atom stereocenters. The van der Waals surface area contributed by atoms with E-state index in [1.165, 1.54) is 0 Å². The number of imidazole rings is 1. The van der Waals surface area contributed by atoms with Gasteiger partial charge in [0.05, 0.1) is 6.42 Å². The van der Waals surface area contributed by atoms with Gasteiger partial charge in [0.25, 0.3) is 0 Å². The van der Waals surface area contributed by atoms with E-state index in [4.69, 9.17) is 5.73 Å². The maximum atomic E-state index is 12.7. The van der Waals surface area contributed by atoms with Gasteiger partial charge in [-0.15, -0.1) is 0 Å². The zero-order valence-corrected chi connectivity index (χ0v) is 12.2. The molecule has 112 valence electrons. The quantitative estimate of drug-likeness (QED) is 0.781. The fraction of sp³-hybridized carbons (Fsp3) is 0.176. The molecule has 0 aliphatic rings. The Morgan fingerprint density at radius 2 is 1.95 bits per heavy atom. The molecule has 0 fully saturated rings. The van der Waals surface area contributed by atoms with E-state index in [1.54, 1.807) is 11.1 Å². The van der Waals surface area contributed by atoms with Crippen LogP contribution in [0.3, 0.4) is 0 Å². The molecule has 3 rings (SSSR count). The fourth-order valence-corrected chi connectivity index (χ4v) is 2.54. The number of hydrogen-bond acceptors (Lipinski definition) is 3. The molecular formula is C17H18N4O. The van der Waals surface area contributed by atoms with E-state index in [0.717, 1.165) is 17.0 Å². The van der Waals surface area contributed by atoms with Crippen molar-refractivity contribution in [1.82, 2.24) is 9.38 Å². The smallest absolute Gasteiger partial charge is 0.232 e. The van der Waals surface area contributed by atoms with Crippen molar-refractivity contribution in [2.24, 2.45) is 5.73 Å².